The first-order chi connectivity index (χ1) is 17.2. The molecule has 36 heavy (non-hydrogen) atoms. The summed E-state index contributed by atoms with van der Waals surface area (Å²) in [6.07, 6.45) is 5.70. The highest BCUT2D eigenvalue weighted by atomic mass is 16.5. The largest absolute Gasteiger partial charge is 0.362 e. The minimum atomic E-state index is -1.10. The molecule has 190 valence electrons. The van der Waals surface area contributed by atoms with E-state index in [-0.39, 0.29) is 23.5 Å². The zero-order valence-corrected chi connectivity index (χ0v) is 21.3. The third-order valence-corrected chi connectivity index (χ3v) is 8.05. The van der Waals surface area contributed by atoms with Gasteiger partial charge in [-0.25, -0.2) is 0 Å². The Kier molecular flexibility index (Phi) is 6.39. The van der Waals surface area contributed by atoms with Crippen LogP contribution in [-0.4, -0.2) is 53.2 Å². The van der Waals surface area contributed by atoms with Crippen LogP contribution in [0.1, 0.15) is 49.8 Å². The Labute approximate surface area is 212 Å². The van der Waals surface area contributed by atoms with Gasteiger partial charge in [-0.2, -0.15) is 0 Å². The van der Waals surface area contributed by atoms with Crippen molar-refractivity contribution >= 4 is 22.7 Å². The number of nitrogens with zero attached hydrogens (tertiary/aromatic N) is 1. The molecule has 3 atom stereocenters. The molecule has 5 rings (SSSR count). The number of benzene rings is 2. The van der Waals surface area contributed by atoms with Crippen LogP contribution in [0.2, 0.25) is 0 Å². The summed E-state index contributed by atoms with van der Waals surface area (Å²) in [5.74, 6) is -0.487. The van der Waals surface area contributed by atoms with Gasteiger partial charge in [-0.1, -0.05) is 42.5 Å². The van der Waals surface area contributed by atoms with E-state index in [0.29, 0.717) is 13.0 Å². The maximum absolute atomic E-state index is 14.0. The number of amides is 2. The van der Waals surface area contributed by atoms with Crippen LogP contribution in [0.15, 0.2) is 54.7 Å². The topological polar surface area (TPSA) is 100 Å². The molecule has 0 saturated carbocycles. The molecule has 1 aliphatic carbocycles. The fraction of sp³-hybridized carbons (Fsp3) is 0.448. The molecule has 1 fully saturated rings. The predicted octanol–water partition coefficient (Wildman–Crippen LogP) is 3.41. The second-order valence-corrected chi connectivity index (χ2v) is 10.9. The molecule has 7 nitrogen and oxygen atoms in total. The molecule has 4 N–H and O–H groups in total. The summed E-state index contributed by atoms with van der Waals surface area (Å²) in [5, 5.41) is 4.00. The Hall–Kier alpha value is -3.16. The minimum Gasteiger partial charge on any atom is -0.362 e. The highest BCUT2D eigenvalue weighted by Gasteiger charge is 2.47. The Bertz CT molecular complexity index is 1280. The molecule has 0 radical (unpaired) electrons. The standard InChI is InChI=1S/C29H36N4O3/c1-28(2,30)27(35)32-24(16-20-18-31-23-11-7-5-9-21(20)23)26(34)33-15-14-29(17-25(33)36-3)13-12-19-8-4-6-10-22(19)29/h4-11,18,24-25,31H,12-17,30H2,1-3H3,(H,32,35)/t24-,25?,29?/m1/s1. The smallest absolute Gasteiger partial charge is 0.247 e. The fourth-order valence-corrected chi connectivity index (χ4v) is 5.99. The lowest BCUT2D eigenvalue weighted by atomic mass is 9.73. The molecule has 1 aromatic heterocycles. The summed E-state index contributed by atoms with van der Waals surface area (Å²) in [6, 6.07) is 15.9. The number of aryl methyl sites for hydroxylation is 1. The third-order valence-electron chi connectivity index (χ3n) is 8.05. The van der Waals surface area contributed by atoms with E-state index in [1.807, 2.05) is 35.4 Å². The second kappa shape index (κ2) is 9.37. The number of nitrogens with one attached hydrogen (secondary N) is 2. The first-order valence-electron chi connectivity index (χ1n) is 12.8. The number of methoxy groups -OCH3 is 1. The lowest BCUT2D eigenvalue weighted by Crippen LogP contribution is -2.60. The number of fused-ring (bicyclic) bond motifs is 3. The summed E-state index contributed by atoms with van der Waals surface area (Å²) in [7, 11) is 1.67. The first-order valence-corrected chi connectivity index (χ1v) is 12.8. The molecule has 1 spiro atoms. The molecular weight excluding hydrogens is 452 g/mol. The molecular formula is C29H36N4O3. The number of piperidine rings is 1. The van der Waals surface area contributed by atoms with E-state index >= 15 is 0 Å². The van der Waals surface area contributed by atoms with Crippen molar-refractivity contribution in [1.29, 1.82) is 0 Å². The van der Waals surface area contributed by atoms with E-state index in [1.54, 1.807) is 21.0 Å². The van der Waals surface area contributed by atoms with Gasteiger partial charge in [-0.05, 0) is 55.9 Å². The normalized spacial score (nSPS) is 22.6. The molecule has 2 aromatic carbocycles. The third kappa shape index (κ3) is 4.42. The van der Waals surface area contributed by atoms with Crippen molar-refractivity contribution in [2.45, 2.75) is 69.2 Å². The van der Waals surface area contributed by atoms with E-state index in [9.17, 15) is 9.59 Å². The SMILES string of the molecule is COC1CC2(CCc3ccccc32)CCN1C(=O)[C@@H](Cc1c[nH]c2ccccc12)NC(=O)C(C)(C)N. The van der Waals surface area contributed by atoms with Gasteiger partial charge >= 0.3 is 0 Å². The van der Waals surface area contributed by atoms with Gasteiger partial charge in [-0.15, -0.1) is 0 Å². The van der Waals surface area contributed by atoms with E-state index in [1.165, 1.54) is 11.1 Å². The molecule has 3 aromatic rings. The lowest BCUT2D eigenvalue weighted by molar-refractivity contribution is -0.155. The number of carbonyl (C=O) groups excluding carboxylic acids is 2. The summed E-state index contributed by atoms with van der Waals surface area (Å²) < 4.78 is 5.92. The van der Waals surface area contributed by atoms with Crippen LogP contribution in [0.3, 0.4) is 0 Å². The van der Waals surface area contributed by atoms with Crippen molar-refractivity contribution in [2.75, 3.05) is 13.7 Å². The van der Waals surface area contributed by atoms with Crippen LogP contribution in [-0.2, 0) is 32.6 Å². The number of hydrogen-bond donors (Lipinski definition) is 3. The van der Waals surface area contributed by atoms with Gasteiger partial charge < -0.3 is 25.7 Å². The average Bonchev–Trinajstić information content (AvgIpc) is 3.44. The van der Waals surface area contributed by atoms with Crippen LogP contribution in [0.25, 0.3) is 10.9 Å². The average molecular weight is 489 g/mol. The van der Waals surface area contributed by atoms with E-state index < -0.39 is 11.6 Å². The zero-order chi connectivity index (χ0) is 25.5. The molecule has 2 unspecified atom stereocenters. The second-order valence-electron chi connectivity index (χ2n) is 10.9. The van der Waals surface area contributed by atoms with Crippen molar-refractivity contribution in [2.24, 2.45) is 5.73 Å². The van der Waals surface area contributed by atoms with Crippen LogP contribution in [0.5, 0.6) is 0 Å². The van der Waals surface area contributed by atoms with Crippen LogP contribution in [0, 0.1) is 0 Å². The number of para-hydroxylation sites is 1. The van der Waals surface area contributed by atoms with Crippen LogP contribution in [0.4, 0.5) is 0 Å². The fourth-order valence-electron chi connectivity index (χ4n) is 5.99. The number of hydrogen-bond acceptors (Lipinski definition) is 4. The number of ether oxygens (including phenoxy) is 1. The van der Waals surface area contributed by atoms with Gasteiger partial charge in [-0.3, -0.25) is 9.59 Å². The first kappa shape index (κ1) is 24.5. The molecule has 1 aliphatic heterocycles. The number of carbonyl (C=O) groups is 2. The number of nitrogens with two attached hydrogens (primary N) is 1. The Morgan fingerprint density at radius 3 is 2.72 bits per heavy atom. The summed E-state index contributed by atoms with van der Waals surface area (Å²) in [6.45, 7) is 3.88. The van der Waals surface area contributed by atoms with E-state index in [2.05, 4.69) is 34.6 Å². The maximum Gasteiger partial charge on any atom is 0.247 e. The molecule has 1 saturated heterocycles. The monoisotopic (exact) mass is 488 g/mol. The molecule has 0 bridgehead atoms. The summed E-state index contributed by atoms with van der Waals surface area (Å²) in [5.41, 5.74) is 9.79. The maximum atomic E-state index is 14.0. The number of likely N-dealkylation sites (tertiary alicyclic amines) is 1. The highest BCUT2D eigenvalue weighted by molar-refractivity contribution is 5.92. The van der Waals surface area contributed by atoms with Crippen molar-refractivity contribution in [3.8, 4) is 0 Å². The highest BCUT2D eigenvalue weighted by Crippen LogP contribution is 2.48. The number of rotatable bonds is 6. The summed E-state index contributed by atoms with van der Waals surface area (Å²) in [4.78, 5) is 32.0. The number of aromatic amines is 1. The molecule has 7 heteroatoms. The number of aromatic nitrogens is 1. The van der Waals surface area contributed by atoms with Gasteiger partial charge in [0.05, 0.1) is 5.54 Å². The van der Waals surface area contributed by atoms with Crippen molar-refractivity contribution in [1.82, 2.24) is 15.2 Å². The molecule has 2 aliphatic rings. The van der Waals surface area contributed by atoms with E-state index in [0.717, 1.165) is 42.1 Å². The van der Waals surface area contributed by atoms with Crippen molar-refractivity contribution < 1.29 is 14.3 Å². The number of H-pyrrole nitrogens is 1. The van der Waals surface area contributed by atoms with E-state index in [4.69, 9.17) is 10.5 Å². The Balaban J connectivity index is 1.41. The Morgan fingerprint density at radius 1 is 1.19 bits per heavy atom. The predicted molar refractivity (Wildman–Crippen MR) is 140 cm³/mol. The molecule has 2 heterocycles. The molecule has 2 amide bonds. The lowest BCUT2D eigenvalue weighted by Gasteiger charge is -2.45. The van der Waals surface area contributed by atoms with Gasteiger partial charge in [0.2, 0.25) is 11.8 Å². The van der Waals surface area contributed by atoms with Gasteiger partial charge in [0.1, 0.15) is 12.3 Å². The van der Waals surface area contributed by atoms with Gasteiger partial charge in [0, 0.05) is 49.0 Å². The quantitative estimate of drug-likeness (QED) is 0.495. The van der Waals surface area contributed by atoms with Gasteiger partial charge in [0.15, 0.2) is 0 Å². The zero-order valence-electron chi connectivity index (χ0n) is 21.3. The minimum absolute atomic E-state index is 0.0306. The van der Waals surface area contributed by atoms with Crippen LogP contribution < -0.4 is 11.1 Å². The van der Waals surface area contributed by atoms with Gasteiger partial charge in [0.25, 0.3) is 0 Å². The van der Waals surface area contributed by atoms with Crippen LogP contribution >= 0.6 is 0 Å². The Morgan fingerprint density at radius 2 is 1.94 bits per heavy atom. The summed E-state index contributed by atoms with van der Waals surface area (Å²) >= 11 is 0. The van der Waals surface area contributed by atoms with Crippen molar-refractivity contribution in [3.63, 3.8) is 0 Å². The van der Waals surface area contributed by atoms with Crippen molar-refractivity contribution in [3.05, 3.63) is 71.4 Å².